The number of hydrogen-bond acceptors (Lipinski definition) is 3. The number of carbonyl (C=O) groups is 2. The molecule has 2 aromatic carbocycles. The summed E-state index contributed by atoms with van der Waals surface area (Å²) in [6.45, 7) is 0.406. The number of carbonyl (C=O) groups excluding carboxylic acids is 2. The summed E-state index contributed by atoms with van der Waals surface area (Å²) in [6, 6.07) is 19.1. The molecule has 1 fully saturated rings. The number of ether oxygens (including phenoxy) is 1. The molecule has 4 rings (SSSR count). The molecule has 29 heavy (non-hydrogen) atoms. The maximum atomic E-state index is 13.1. The third-order valence-corrected chi connectivity index (χ3v) is 5.15. The van der Waals surface area contributed by atoms with Crippen molar-refractivity contribution in [1.29, 1.82) is 0 Å². The van der Waals surface area contributed by atoms with Gasteiger partial charge in [-0.3, -0.25) is 9.59 Å². The van der Waals surface area contributed by atoms with E-state index in [4.69, 9.17) is 16.3 Å². The average Bonchev–Trinajstić information content (AvgIpc) is 3.56. The number of halogens is 1. The number of amides is 2. The van der Waals surface area contributed by atoms with Crippen molar-refractivity contribution in [2.24, 2.45) is 0 Å². The number of nitrogens with zero attached hydrogens (tertiary/aromatic N) is 1. The van der Waals surface area contributed by atoms with Crippen LogP contribution in [0.5, 0.6) is 0 Å². The number of benzene rings is 2. The van der Waals surface area contributed by atoms with Crippen LogP contribution in [0.15, 0.2) is 84.6 Å². The van der Waals surface area contributed by atoms with Crippen molar-refractivity contribution in [3.8, 4) is 0 Å². The standard InChI is InChI=1S/C23H21ClN2O3/c24-17-11-13-18(14-12-17)25-22(27)20-21(29-20)23(28)26(19-9-5-2-6-10-19)15-16-7-3-1-4-8-16/h1-11,13-14,17,20-21H,12,15H2,(H,25,27)/t17?,20-,21-/m0/s1. The molecule has 1 unspecified atom stereocenters. The predicted octanol–water partition coefficient (Wildman–Crippen LogP) is 3.55. The molecule has 0 spiro atoms. The van der Waals surface area contributed by atoms with Crippen molar-refractivity contribution >= 4 is 29.1 Å². The molecule has 3 atom stereocenters. The zero-order chi connectivity index (χ0) is 20.2. The summed E-state index contributed by atoms with van der Waals surface area (Å²) in [6.07, 6.45) is 4.54. The van der Waals surface area contributed by atoms with Gasteiger partial charge in [-0.2, -0.15) is 0 Å². The monoisotopic (exact) mass is 408 g/mol. The molecule has 1 aliphatic carbocycles. The first-order valence-corrected chi connectivity index (χ1v) is 9.94. The SMILES string of the molecule is O=C(NC1=CCC(Cl)C=C1)[C@H]1O[C@@H]1C(=O)N(Cc1ccccc1)c1ccccc1. The van der Waals surface area contributed by atoms with Gasteiger partial charge in [0.05, 0.1) is 11.9 Å². The number of allylic oxidation sites excluding steroid dienone is 3. The molecular weight excluding hydrogens is 388 g/mol. The van der Waals surface area contributed by atoms with Gasteiger partial charge in [0.1, 0.15) is 0 Å². The van der Waals surface area contributed by atoms with Crippen LogP contribution in [0.3, 0.4) is 0 Å². The Labute approximate surface area is 174 Å². The lowest BCUT2D eigenvalue weighted by Crippen LogP contribution is -2.37. The van der Waals surface area contributed by atoms with Crippen LogP contribution in [0.2, 0.25) is 0 Å². The van der Waals surface area contributed by atoms with Crippen LogP contribution in [-0.2, 0) is 20.9 Å². The first-order valence-electron chi connectivity index (χ1n) is 9.51. The normalized spacial score (nSPS) is 22.5. The molecule has 1 aliphatic heterocycles. The summed E-state index contributed by atoms with van der Waals surface area (Å²) in [5.41, 5.74) is 2.44. The summed E-state index contributed by atoms with van der Waals surface area (Å²) < 4.78 is 5.46. The summed E-state index contributed by atoms with van der Waals surface area (Å²) in [5, 5.41) is 2.74. The summed E-state index contributed by atoms with van der Waals surface area (Å²) in [5.74, 6) is -0.547. The summed E-state index contributed by atoms with van der Waals surface area (Å²) in [7, 11) is 0. The molecule has 0 saturated carbocycles. The van der Waals surface area contributed by atoms with E-state index in [-0.39, 0.29) is 17.2 Å². The Balaban J connectivity index is 1.44. The molecule has 0 radical (unpaired) electrons. The van der Waals surface area contributed by atoms with Crippen LogP contribution >= 0.6 is 11.6 Å². The fourth-order valence-electron chi connectivity index (χ4n) is 3.22. The number of para-hydroxylation sites is 1. The van der Waals surface area contributed by atoms with Crippen LogP contribution in [0.4, 0.5) is 5.69 Å². The minimum Gasteiger partial charge on any atom is -0.349 e. The highest BCUT2D eigenvalue weighted by atomic mass is 35.5. The number of anilines is 1. The van der Waals surface area contributed by atoms with E-state index in [1.807, 2.05) is 72.8 Å². The first kappa shape index (κ1) is 19.4. The van der Waals surface area contributed by atoms with E-state index in [0.29, 0.717) is 18.7 Å². The van der Waals surface area contributed by atoms with E-state index in [0.717, 1.165) is 11.3 Å². The maximum Gasteiger partial charge on any atom is 0.259 e. The van der Waals surface area contributed by atoms with Crippen molar-refractivity contribution < 1.29 is 14.3 Å². The van der Waals surface area contributed by atoms with E-state index >= 15 is 0 Å². The van der Waals surface area contributed by atoms with E-state index in [1.54, 1.807) is 11.0 Å². The minimum atomic E-state index is -0.785. The molecule has 1 N–H and O–H groups in total. The molecule has 0 aromatic heterocycles. The van der Waals surface area contributed by atoms with Gasteiger partial charge in [0.15, 0.2) is 12.2 Å². The zero-order valence-electron chi connectivity index (χ0n) is 15.7. The second-order valence-electron chi connectivity index (χ2n) is 6.98. The maximum absolute atomic E-state index is 13.1. The largest absolute Gasteiger partial charge is 0.349 e. The van der Waals surface area contributed by atoms with Crippen LogP contribution in [0, 0.1) is 0 Å². The molecule has 6 heteroatoms. The highest BCUT2D eigenvalue weighted by molar-refractivity contribution is 6.22. The number of nitrogens with one attached hydrogen (secondary N) is 1. The molecule has 5 nitrogen and oxygen atoms in total. The average molecular weight is 409 g/mol. The van der Waals surface area contributed by atoms with Crippen molar-refractivity contribution in [1.82, 2.24) is 5.32 Å². The fraction of sp³-hybridized carbons (Fsp3) is 0.217. The highest BCUT2D eigenvalue weighted by Crippen LogP contribution is 2.29. The topological polar surface area (TPSA) is 61.9 Å². The smallest absolute Gasteiger partial charge is 0.259 e. The van der Waals surface area contributed by atoms with Gasteiger partial charge in [0.25, 0.3) is 11.8 Å². The number of hydrogen-bond donors (Lipinski definition) is 1. The van der Waals surface area contributed by atoms with Gasteiger partial charge in [-0.25, -0.2) is 0 Å². The lowest BCUT2D eigenvalue weighted by atomic mass is 10.1. The Kier molecular flexibility index (Phi) is 5.79. The lowest BCUT2D eigenvalue weighted by molar-refractivity contribution is -0.122. The molecule has 0 bridgehead atoms. The number of epoxide rings is 1. The van der Waals surface area contributed by atoms with Gasteiger partial charge < -0.3 is 15.0 Å². The second kappa shape index (κ2) is 8.64. The Hall–Kier alpha value is -2.89. The van der Waals surface area contributed by atoms with Gasteiger partial charge in [0, 0.05) is 11.4 Å². The van der Waals surface area contributed by atoms with Crippen LogP contribution in [0.25, 0.3) is 0 Å². The molecule has 2 aromatic rings. The number of alkyl halides is 1. The lowest BCUT2D eigenvalue weighted by Gasteiger charge is -2.22. The van der Waals surface area contributed by atoms with Crippen molar-refractivity contribution in [2.45, 2.75) is 30.6 Å². The molecule has 148 valence electrons. The summed E-state index contributed by atoms with van der Waals surface area (Å²) >= 11 is 6.00. The highest BCUT2D eigenvalue weighted by Gasteiger charge is 2.52. The third-order valence-electron chi connectivity index (χ3n) is 4.83. The zero-order valence-corrected chi connectivity index (χ0v) is 16.5. The Bertz CT molecular complexity index is 943. The Morgan fingerprint density at radius 2 is 1.72 bits per heavy atom. The molecular formula is C23H21ClN2O3. The van der Waals surface area contributed by atoms with E-state index in [9.17, 15) is 9.59 Å². The van der Waals surface area contributed by atoms with Crippen molar-refractivity contribution in [3.63, 3.8) is 0 Å². The number of rotatable bonds is 6. The summed E-state index contributed by atoms with van der Waals surface area (Å²) in [4.78, 5) is 27.3. The van der Waals surface area contributed by atoms with Crippen LogP contribution in [-0.4, -0.2) is 29.4 Å². The molecule has 1 saturated heterocycles. The quantitative estimate of drug-likeness (QED) is 0.587. The first-order chi connectivity index (χ1) is 14.1. The van der Waals surface area contributed by atoms with E-state index in [1.165, 1.54) is 0 Å². The minimum absolute atomic E-state index is 0.0560. The van der Waals surface area contributed by atoms with E-state index in [2.05, 4.69) is 5.32 Å². The molecule has 2 amide bonds. The van der Waals surface area contributed by atoms with Crippen molar-refractivity contribution in [2.75, 3.05) is 4.90 Å². The predicted molar refractivity (Wildman–Crippen MR) is 112 cm³/mol. The second-order valence-corrected chi connectivity index (χ2v) is 7.54. The Morgan fingerprint density at radius 1 is 1.03 bits per heavy atom. The van der Waals surface area contributed by atoms with Gasteiger partial charge in [-0.05, 0) is 30.2 Å². The van der Waals surface area contributed by atoms with Gasteiger partial charge in [-0.1, -0.05) is 60.7 Å². The van der Waals surface area contributed by atoms with Crippen LogP contribution in [0.1, 0.15) is 12.0 Å². The van der Waals surface area contributed by atoms with E-state index < -0.39 is 12.2 Å². The van der Waals surface area contributed by atoms with Crippen molar-refractivity contribution in [3.05, 3.63) is 90.2 Å². The third kappa shape index (κ3) is 4.75. The molecule has 2 aliphatic rings. The van der Waals surface area contributed by atoms with Gasteiger partial charge >= 0.3 is 0 Å². The van der Waals surface area contributed by atoms with Gasteiger partial charge in [-0.15, -0.1) is 11.6 Å². The fourth-order valence-corrected chi connectivity index (χ4v) is 3.39. The molecule has 1 heterocycles. The Morgan fingerprint density at radius 3 is 2.38 bits per heavy atom. The van der Waals surface area contributed by atoms with Crippen LogP contribution < -0.4 is 10.2 Å². The van der Waals surface area contributed by atoms with Gasteiger partial charge in [0.2, 0.25) is 0 Å².